The first kappa shape index (κ1) is 124. The van der Waals surface area contributed by atoms with Gasteiger partial charge in [0.2, 0.25) is 0 Å². The van der Waals surface area contributed by atoms with Crippen molar-refractivity contribution in [1.29, 1.82) is 0 Å². The summed E-state index contributed by atoms with van der Waals surface area (Å²) in [7, 11) is 0. The Bertz CT molecular complexity index is 7250. The van der Waals surface area contributed by atoms with Crippen LogP contribution in [-0.4, -0.2) is 0 Å². The standard InChI is InChI=1S/HIS97/c1-67(2,3)69(7,8)71(11,12)73(15,16)75(19,20)77(23,24)79(27,28)81(31,32)83(35,36)85(39,40)87(43,44)89(47,48)91(51,52)93(55,56)95(59,60)97(63,64)98(65,66)96(61,62)94(57,58)92(53,54)90(49,50)88(45,46)86(41,42)84(37,38)82(33,34)80(29,30)78(25,26)76(21,22)74(17,18)72(13,14)70(9,10)68(4,5)6/h(H,4,5,6). The molecule has 590 valence electrons. The van der Waals surface area contributed by atoms with Gasteiger partial charge in [0, 0.05) is 186 Å². The lowest BCUT2D eigenvalue weighted by Crippen LogP contribution is -2.41. The van der Waals surface area contributed by atoms with Crippen molar-refractivity contribution < 1.29 is 0 Å². The molecule has 0 heterocycles. The Morgan fingerprint density at radius 3 is 0.204 bits per heavy atom. The van der Waals surface area contributed by atoms with Gasteiger partial charge < -0.3 is 0 Å². The molecule has 0 aromatic heterocycles. The summed E-state index contributed by atoms with van der Waals surface area (Å²) < 4.78 is -2.77. The van der Waals surface area contributed by atoms with Gasteiger partial charge in [-0.05, 0) is 716 Å². The summed E-state index contributed by atoms with van der Waals surface area (Å²) in [6.45, 7) is 0. The maximum atomic E-state index is 6.23. The molecule has 98 heteroatoms. The average Bonchev–Trinajstić information content (AvgIpc) is 3.35. The van der Waals surface area contributed by atoms with Crippen molar-refractivity contribution in [2.45, 2.75) is 0 Å². The predicted octanol–water partition coefficient (Wildman–Crippen LogP) is 1.04. The smallest absolute Gasteiger partial charge is 0.0451 e. The van der Waals surface area contributed by atoms with Gasteiger partial charge in [-0.3, -0.25) is 0 Å². The topological polar surface area (TPSA) is 0 Å². The van der Waals surface area contributed by atoms with Gasteiger partial charge in [0.1, 0.15) is 0 Å². The lowest BCUT2D eigenvalue weighted by molar-refractivity contribution is 4.96. The molecular weight excluding hydrogens is 3240 g/mol. The van der Waals surface area contributed by atoms with Gasteiger partial charge in [0.25, 0.3) is 0 Å². The predicted molar refractivity (Wildman–Crippen MR) is 730 cm³/mol. The third-order valence-electron chi connectivity index (χ3n) is 7.75. The van der Waals surface area contributed by atoms with Crippen LogP contribution in [0.15, 0.2) is 0 Å². The zero-order valence-electron chi connectivity index (χ0n) is 40.0. The Morgan fingerprint density at radius 1 is 0.102 bits per heavy atom. The zero-order chi connectivity index (χ0) is 82.0. The SMILES string of the molecule is S=S(=S)(S)S(=S)(=S)S(=S)(=S)S(=S)(=S)S(=S)(=S)S(=S)(=S)S(=S)(=S)S(=S)(=S)S(=S)(=S)S(=S)(=S)S(=S)(=S)S(=S)(=S)S(=S)(=S)S(=S)(=S)S(=S)(=S)S(=S)(=S)S(=S)(=S)S(=S)(=S)S(=S)(=S)S(=S)(=S)S(=S)(=S)S(=S)(=S)S(=S)(=S)S(=S)(=S)S(=S)(=S)S(=S)(=S)S(=S)(=S)S(=S)(=S)S(=S)(=S)S(=S)(=S)S(=S)(=S)S(=S)(=S)I. The molecule has 0 aliphatic carbocycles. The van der Waals surface area contributed by atoms with Crippen LogP contribution in [-0.2, 0) is 881 Å². The molecular formula is HIS97. The van der Waals surface area contributed by atoms with Crippen molar-refractivity contribution in [2.75, 3.05) is 0 Å². The van der Waals surface area contributed by atoms with E-state index in [1.165, 1.54) is 0 Å². The van der Waals surface area contributed by atoms with E-state index in [-0.39, 0.29) is 0 Å². The number of thiol groups is 1. The van der Waals surface area contributed by atoms with E-state index < -0.39 is 165 Å². The summed E-state index contributed by atoms with van der Waals surface area (Å²) in [6, 6.07) is 0. The first-order chi connectivity index (χ1) is 40.8. The molecule has 0 saturated carbocycles. The minimum Gasteiger partial charge on any atom is -0.0917 e. The summed E-state index contributed by atoms with van der Waals surface area (Å²) in [6.07, 6.45) is 0. The number of halogens is 1. The van der Waals surface area contributed by atoms with Crippen LogP contribution in [0.5, 0.6) is 0 Å². The lowest BCUT2D eigenvalue weighted by Gasteiger charge is -2.37. The Hall–Kier alpha value is 26.4. The van der Waals surface area contributed by atoms with Crippen molar-refractivity contribution in [3.8, 4) is 0 Å². The first-order valence-electron chi connectivity index (χ1n) is 16.2. The van der Waals surface area contributed by atoms with Crippen LogP contribution in [0.3, 0.4) is 0 Å². The van der Waals surface area contributed by atoms with E-state index in [1.54, 1.807) is 21.2 Å². The van der Waals surface area contributed by atoms with Crippen LogP contribution >= 0.6 is 32.9 Å². The van der Waals surface area contributed by atoms with Gasteiger partial charge >= 0.3 is 0 Å². The quantitative estimate of drug-likeness (QED) is 0.0455. The van der Waals surface area contributed by atoms with E-state index >= 15 is 0 Å². The van der Waals surface area contributed by atoms with Crippen molar-refractivity contribution >= 4 is 914 Å². The van der Waals surface area contributed by atoms with E-state index in [0.717, 1.165) is 0 Å². The molecule has 98 heavy (non-hydrogen) atoms. The van der Waals surface area contributed by atoms with Gasteiger partial charge in [0.05, 0.1) is 0 Å². The van der Waals surface area contributed by atoms with Crippen molar-refractivity contribution in [3.63, 3.8) is 0 Å². The molecule has 0 N–H and O–H groups in total. The molecule has 0 aromatic rings. The molecule has 0 radical (unpaired) electrons. The van der Waals surface area contributed by atoms with E-state index in [9.17, 15) is 0 Å². The Labute approximate surface area is 885 Å². The molecule has 0 aromatic carbocycles. The number of rotatable bonds is 31. The molecule has 0 spiro atoms. The molecule has 0 fully saturated rings. The molecule has 0 aliphatic heterocycles. The highest BCUT2D eigenvalue weighted by molar-refractivity contribution is 14.2. The van der Waals surface area contributed by atoms with Gasteiger partial charge in [0.15, 0.2) is 0 Å². The fourth-order valence-corrected chi connectivity index (χ4v) is 754. The second kappa shape index (κ2) is 38.7. The van der Waals surface area contributed by atoms with Gasteiger partial charge in [-0.2, -0.15) is 0 Å². The van der Waals surface area contributed by atoms with E-state index in [2.05, 4.69) is 11.7 Å². The minimum atomic E-state index is -4.20. The first-order valence-corrected chi connectivity index (χ1v) is 147. The highest BCUT2D eigenvalue weighted by Crippen LogP contribution is 2.47. The highest BCUT2D eigenvalue weighted by Gasteiger charge is 2.50. The largest absolute Gasteiger partial charge is 0.0917 e. The molecule has 0 bridgehead atoms. The number of hydrogen-bond acceptors (Lipinski definition) is 64. The molecule has 0 rings (SSSR count). The van der Waals surface area contributed by atoms with E-state index in [1.807, 2.05) is 0 Å². The molecule has 0 saturated heterocycles. The minimum absolute atomic E-state index is 1.73. The Kier molecular flexibility index (Phi) is 49.2. The lowest BCUT2D eigenvalue weighted by atomic mass is 29.7. The summed E-state index contributed by atoms with van der Waals surface area (Å²) in [4.78, 5) is 0. The third kappa shape index (κ3) is 19.3. The maximum absolute atomic E-state index is 6.23. The zero-order valence-corrected chi connectivity index (χ0v) is 121. The van der Waals surface area contributed by atoms with Crippen LogP contribution in [0.2, 0.25) is 0 Å². The van der Waals surface area contributed by atoms with Crippen molar-refractivity contribution in [1.82, 2.24) is 0 Å². The summed E-state index contributed by atoms with van der Waals surface area (Å²) in [5, 5.41) is -122. The third-order valence-corrected chi connectivity index (χ3v) is 636. The molecule has 0 nitrogen and oxygen atoms in total. The number of hydrogen-bond donors (Lipinski definition) is 1. The van der Waals surface area contributed by atoms with Crippen LogP contribution in [0, 0.1) is 0 Å². The van der Waals surface area contributed by atoms with E-state index in [4.69, 9.17) is 716 Å². The van der Waals surface area contributed by atoms with Crippen LogP contribution in [0.4, 0.5) is 0 Å². The fraction of sp³-hybridized carbons (Fsp3) is 0. The van der Waals surface area contributed by atoms with E-state index in [0.29, 0.717) is 0 Å². The van der Waals surface area contributed by atoms with Crippen LogP contribution in [0.1, 0.15) is 0 Å². The molecule has 0 amide bonds. The summed E-state index contributed by atoms with van der Waals surface area (Å²) in [5.41, 5.74) is 0. The summed E-state index contributed by atoms with van der Waals surface area (Å²) in [5.74, 6) is 0. The second-order valence-corrected chi connectivity index (χ2v) is 359. The van der Waals surface area contributed by atoms with Crippen LogP contribution in [0.25, 0.3) is 0 Å². The van der Waals surface area contributed by atoms with Crippen molar-refractivity contribution in [2.24, 2.45) is 0 Å². The monoisotopic (exact) mass is 3230 g/mol. The molecule has 0 aliphatic rings. The maximum Gasteiger partial charge on any atom is 0.0451 e. The normalized spacial score (nSPS) is 17.0. The van der Waals surface area contributed by atoms with Crippen LogP contribution < -0.4 is 0 Å². The average molecular weight is 3240 g/mol. The second-order valence-electron chi connectivity index (χ2n) is 13.1. The molecule has 0 atom stereocenters. The highest BCUT2D eigenvalue weighted by atomic mass is 127. The Balaban J connectivity index is 8.84. The molecule has 0 unspecified atom stereocenters. The fourth-order valence-electron chi connectivity index (χ4n) is 3.06. The van der Waals surface area contributed by atoms with Gasteiger partial charge in [-0.25, -0.2) is 0 Å². The van der Waals surface area contributed by atoms with Crippen molar-refractivity contribution in [3.05, 3.63) is 0 Å². The van der Waals surface area contributed by atoms with Gasteiger partial charge in [-0.1, -0.05) is 11.7 Å². The van der Waals surface area contributed by atoms with Gasteiger partial charge in [-0.15, -0.1) is 0 Å². The summed E-state index contributed by atoms with van der Waals surface area (Å²) >= 11 is 394. The Morgan fingerprint density at radius 2 is 0.153 bits per heavy atom.